The Bertz CT molecular complexity index is 296. The summed E-state index contributed by atoms with van der Waals surface area (Å²) >= 11 is 2.16. The van der Waals surface area contributed by atoms with E-state index in [4.69, 9.17) is 0 Å². The van der Waals surface area contributed by atoms with Crippen molar-refractivity contribution in [2.75, 3.05) is 4.43 Å². The Morgan fingerprint density at radius 1 is 1.45 bits per heavy atom. The van der Waals surface area contributed by atoms with Gasteiger partial charge >= 0.3 is 0 Å². The van der Waals surface area contributed by atoms with E-state index in [0.29, 0.717) is 0 Å². The first-order chi connectivity index (χ1) is 5.33. The summed E-state index contributed by atoms with van der Waals surface area (Å²) < 4.78 is 13.3. The molecule has 0 heterocycles. The van der Waals surface area contributed by atoms with Gasteiger partial charge in [-0.05, 0) is 18.2 Å². The molecule has 0 amide bonds. The molecule has 0 saturated carbocycles. The predicted octanol–water partition coefficient (Wildman–Crippen LogP) is 2.61. The van der Waals surface area contributed by atoms with Gasteiger partial charge in [0, 0.05) is 5.56 Å². The van der Waals surface area contributed by atoms with Gasteiger partial charge in [-0.15, -0.1) is 0 Å². The SMILES string of the molecule is Fc1cccc(C#CCI)c1. The Morgan fingerprint density at radius 3 is 2.91 bits per heavy atom. The quantitative estimate of drug-likeness (QED) is 0.382. The molecule has 11 heavy (non-hydrogen) atoms. The molecule has 2 heteroatoms. The van der Waals surface area contributed by atoms with Gasteiger partial charge in [-0.1, -0.05) is 40.5 Å². The van der Waals surface area contributed by atoms with Crippen molar-refractivity contribution in [1.29, 1.82) is 0 Å². The summed E-state index contributed by atoms with van der Waals surface area (Å²) in [4.78, 5) is 0. The van der Waals surface area contributed by atoms with Gasteiger partial charge in [-0.2, -0.15) is 0 Å². The van der Waals surface area contributed by atoms with Crippen molar-refractivity contribution in [3.63, 3.8) is 0 Å². The van der Waals surface area contributed by atoms with Crippen LogP contribution >= 0.6 is 22.6 Å². The molecule has 1 rings (SSSR count). The van der Waals surface area contributed by atoms with E-state index >= 15 is 0 Å². The van der Waals surface area contributed by atoms with Crippen LogP contribution in [0.5, 0.6) is 0 Å². The van der Waals surface area contributed by atoms with E-state index in [1.807, 2.05) is 0 Å². The van der Waals surface area contributed by atoms with E-state index in [1.54, 1.807) is 12.1 Å². The lowest BCUT2D eigenvalue weighted by atomic mass is 10.2. The van der Waals surface area contributed by atoms with Crippen LogP contribution in [0.25, 0.3) is 0 Å². The Morgan fingerprint density at radius 2 is 2.27 bits per heavy atom. The molecule has 0 nitrogen and oxygen atoms in total. The Hall–Kier alpha value is -0.560. The van der Waals surface area contributed by atoms with Crippen molar-refractivity contribution in [3.05, 3.63) is 35.6 Å². The first-order valence-electron chi connectivity index (χ1n) is 3.13. The molecule has 0 N–H and O–H groups in total. The molecule has 0 unspecified atom stereocenters. The van der Waals surface area contributed by atoms with Crippen LogP contribution in [0.4, 0.5) is 4.39 Å². The maximum absolute atomic E-state index is 12.5. The van der Waals surface area contributed by atoms with E-state index < -0.39 is 0 Å². The molecule has 0 fully saturated rings. The van der Waals surface area contributed by atoms with Gasteiger partial charge in [0.15, 0.2) is 0 Å². The minimum absolute atomic E-state index is 0.231. The molecule has 0 bridgehead atoms. The molecule has 0 spiro atoms. The molecule has 0 atom stereocenters. The lowest BCUT2D eigenvalue weighted by Gasteiger charge is -1.88. The highest BCUT2D eigenvalue weighted by atomic mass is 127. The molecule has 0 radical (unpaired) electrons. The Kier molecular flexibility index (Phi) is 3.37. The largest absolute Gasteiger partial charge is 0.207 e. The number of halogens is 2. The lowest BCUT2D eigenvalue weighted by Crippen LogP contribution is -1.76. The highest BCUT2D eigenvalue weighted by Gasteiger charge is 1.88. The van der Waals surface area contributed by atoms with Gasteiger partial charge in [-0.3, -0.25) is 0 Å². The number of rotatable bonds is 0. The third kappa shape index (κ3) is 2.89. The molecule has 0 aliphatic heterocycles. The molecule has 0 aliphatic carbocycles. The van der Waals surface area contributed by atoms with Crippen LogP contribution in [-0.2, 0) is 0 Å². The smallest absolute Gasteiger partial charge is 0.124 e. The van der Waals surface area contributed by atoms with E-state index in [0.717, 1.165) is 9.99 Å². The van der Waals surface area contributed by atoms with Gasteiger partial charge < -0.3 is 0 Å². The molecule has 56 valence electrons. The molecular weight excluding hydrogens is 254 g/mol. The average molecular weight is 260 g/mol. The number of hydrogen-bond donors (Lipinski definition) is 0. The summed E-state index contributed by atoms with van der Waals surface area (Å²) in [7, 11) is 0. The summed E-state index contributed by atoms with van der Waals surface area (Å²) in [6, 6.07) is 6.30. The monoisotopic (exact) mass is 260 g/mol. The normalized spacial score (nSPS) is 8.55. The standard InChI is InChI=1S/C9H6FI/c10-9-5-1-3-8(7-9)4-2-6-11/h1,3,5,7H,6H2. The zero-order valence-corrected chi connectivity index (χ0v) is 7.93. The number of hydrogen-bond acceptors (Lipinski definition) is 0. The molecule has 1 aromatic rings. The van der Waals surface area contributed by atoms with Crippen LogP contribution in [0.1, 0.15) is 5.56 Å². The molecule has 0 saturated heterocycles. The van der Waals surface area contributed by atoms with Crippen molar-refractivity contribution in [2.45, 2.75) is 0 Å². The highest BCUT2D eigenvalue weighted by Crippen LogP contribution is 2.00. The van der Waals surface area contributed by atoms with Crippen LogP contribution in [0.3, 0.4) is 0 Å². The fourth-order valence-electron chi connectivity index (χ4n) is 0.702. The second-order valence-corrected chi connectivity index (χ2v) is 2.71. The zero-order valence-electron chi connectivity index (χ0n) is 5.77. The van der Waals surface area contributed by atoms with Gasteiger partial charge in [0.25, 0.3) is 0 Å². The van der Waals surface area contributed by atoms with E-state index in [2.05, 4.69) is 34.4 Å². The van der Waals surface area contributed by atoms with Gasteiger partial charge in [0.2, 0.25) is 0 Å². The van der Waals surface area contributed by atoms with Crippen molar-refractivity contribution < 1.29 is 4.39 Å². The summed E-state index contributed by atoms with van der Waals surface area (Å²) in [6.45, 7) is 0. The fraction of sp³-hybridized carbons (Fsp3) is 0.111. The second kappa shape index (κ2) is 4.35. The molecule has 1 aromatic carbocycles. The first kappa shape index (κ1) is 8.54. The minimum atomic E-state index is -0.231. The third-order valence-corrected chi connectivity index (χ3v) is 1.51. The fourth-order valence-corrected chi connectivity index (χ4v) is 0.892. The highest BCUT2D eigenvalue weighted by molar-refractivity contribution is 14.1. The Balaban J connectivity index is 2.87. The van der Waals surface area contributed by atoms with E-state index in [9.17, 15) is 4.39 Å². The molecule has 0 aliphatic rings. The van der Waals surface area contributed by atoms with Crippen molar-refractivity contribution in [1.82, 2.24) is 0 Å². The minimum Gasteiger partial charge on any atom is -0.207 e. The predicted molar refractivity (Wildman–Crippen MR) is 52.2 cm³/mol. The van der Waals surface area contributed by atoms with Crippen molar-refractivity contribution in [2.24, 2.45) is 0 Å². The Labute approximate surface area is 79.0 Å². The molecular formula is C9H6FI. The van der Waals surface area contributed by atoms with Crippen molar-refractivity contribution >= 4 is 22.6 Å². The third-order valence-electron chi connectivity index (χ3n) is 1.12. The van der Waals surface area contributed by atoms with Crippen LogP contribution in [0.15, 0.2) is 24.3 Å². The summed E-state index contributed by atoms with van der Waals surface area (Å²) in [5.74, 6) is 5.47. The van der Waals surface area contributed by atoms with Crippen LogP contribution in [0, 0.1) is 17.7 Å². The van der Waals surface area contributed by atoms with Crippen molar-refractivity contribution in [3.8, 4) is 11.8 Å². The first-order valence-corrected chi connectivity index (χ1v) is 4.66. The second-order valence-electron chi connectivity index (χ2n) is 1.95. The van der Waals surface area contributed by atoms with Crippen LogP contribution in [0.2, 0.25) is 0 Å². The lowest BCUT2D eigenvalue weighted by molar-refractivity contribution is 0.627. The summed E-state index contributed by atoms with van der Waals surface area (Å²) in [6.07, 6.45) is 0. The van der Waals surface area contributed by atoms with Gasteiger partial charge in [0.1, 0.15) is 5.82 Å². The van der Waals surface area contributed by atoms with E-state index in [-0.39, 0.29) is 5.82 Å². The summed E-state index contributed by atoms with van der Waals surface area (Å²) in [5, 5.41) is 0. The molecule has 0 aromatic heterocycles. The van der Waals surface area contributed by atoms with Crippen LogP contribution in [-0.4, -0.2) is 4.43 Å². The number of benzene rings is 1. The van der Waals surface area contributed by atoms with E-state index in [1.165, 1.54) is 12.1 Å². The number of alkyl halides is 1. The summed E-state index contributed by atoms with van der Waals surface area (Å²) in [5.41, 5.74) is 0.738. The van der Waals surface area contributed by atoms with Gasteiger partial charge in [0.05, 0.1) is 4.43 Å². The van der Waals surface area contributed by atoms with Crippen LogP contribution < -0.4 is 0 Å². The zero-order chi connectivity index (χ0) is 8.10. The average Bonchev–Trinajstić information content (AvgIpc) is 2.01. The maximum Gasteiger partial charge on any atom is 0.124 e. The topological polar surface area (TPSA) is 0 Å². The maximum atomic E-state index is 12.5. The van der Waals surface area contributed by atoms with Gasteiger partial charge in [-0.25, -0.2) is 4.39 Å².